The van der Waals surface area contributed by atoms with E-state index in [0.29, 0.717) is 6.54 Å². The van der Waals surface area contributed by atoms with Crippen molar-refractivity contribution in [3.63, 3.8) is 0 Å². The van der Waals surface area contributed by atoms with Gasteiger partial charge in [-0.25, -0.2) is 4.39 Å². The monoisotopic (exact) mass is 257 g/mol. The van der Waals surface area contributed by atoms with Crippen molar-refractivity contribution < 1.29 is 4.39 Å². The first-order chi connectivity index (χ1) is 6.74. The predicted molar refractivity (Wildman–Crippen MR) is 60.6 cm³/mol. The van der Waals surface area contributed by atoms with Crippen molar-refractivity contribution in [2.75, 3.05) is 6.54 Å². The average Bonchev–Trinajstić information content (AvgIpc) is 2.18. The van der Waals surface area contributed by atoms with Gasteiger partial charge < -0.3 is 5.32 Å². The summed E-state index contributed by atoms with van der Waals surface area (Å²) in [4.78, 5) is 0. The molecule has 1 aromatic carbocycles. The highest BCUT2D eigenvalue weighted by molar-refractivity contribution is 9.10. The molecule has 0 aromatic heterocycles. The second-order valence-electron chi connectivity index (χ2n) is 2.94. The Balaban J connectivity index is 2.53. The van der Waals surface area contributed by atoms with E-state index in [-0.39, 0.29) is 5.82 Å². The highest BCUT2D eigenvalue weighted by Gasteiger charge is 2.00. The number of hydrogen-bond donors (Lipinski definition) is 1. The molecule has 14 heavy (non-hydrogen) atoms. The fourth-order valence-corrected chi connectivity index (χ4v) is 1.47. The molecule has 1 aromatic rings. The van der Waals surface area contributed by atoms with Crippen molar-refractivity contribution in [3.05, 3.63) is 46.2 Å². The molecule has 0 aliphatic rings. The maximum atomic E-state index is 12.9. The number of rotatable bonds is 4. The van der Waals surface area contributed by atoms with Gasteiger partial charge in [0.1, 0.15) is 5.82 Å². The van der Waals surface area contributed by atoms with Crippen molar-refractivity contribution in [3.8, 4) is 0 Å². The van der Waals surface area contributed by atoms with Crippen molar-refractivity contribution in [1.29, 1.82) is 0 Å². The first-order valence-electron chi connectivity index (χ1n) is 4.50. The zero-order valence-corrected chi connectivity index (χ0v) is 9.64. The molecule has 0 bridgehead atoms. The van der Waals surface area contributed by atoms with Gasteiger partial charge in [0.05, 0.1) is 0 Å². The predicted octanol–water partition coefficient (Wildman–Crippen LogP) is 3.25. The second kappa shape index (κ2) is 5.94. The van der Waals surface area contributed by atoms with Crippen LogP contribution in [0.1, 0.15) is 12.5 Å². The van der Waals surface area contributed by atoms with Crippen molar-refractivity contribution in [2.45, 2.75) is 13.5 Å². The average molecular weight is 258 g/mol. The van der Waals surface area contributed by atoms with Crippen molar-refractivity contribution in [2.24, 2.45) is 0 Å². The fourth-order valence-electron chi connectivity index (χ4n) is 1.09. The van der Waals surface area contributed by atoms with E-state index in [1.807, 2.05) is 19.1 Å². The van der Waals surface area contributed by atoms with Gasteiger partial charge in [-0.1, -0.05) is 28.1 Å². The second-order valence-corrected chi connectivity index (χ2v) is 3.79. The lowest BCUT2D eigenvalue weighted by atomic mass is 10.2. The van der Waals surface area contributed by atoms with E-state index in [9.17, 15) is 4.39 Å². The molecular weight excluding hydrogens is 245 g/mol. The van der Waals surface area contributed by atoms with Crippen LogP contribution in [-0.2, 0) is 6.54 Å². The zero-order chi connectivity index (χ0) is 10.4. The summed E-state index contributed by atoms with van der Waals surface area (Å²) in [6.45, 7) is 3.45. The Morgan fingerprint density at radius 2 is 2.29 bits per heavy atom. The van der Waals surface area contributed by atoms with Crippen LogP contribution in [0.5, 0.6) is 0 Å². The Hall–Kier alpha value is -0.670. The van der Waals surface area contributed by atoms with Gasteiger partial charge in [-0.2, -0.15) is 0 Å². The maximum Gasteiger partial charge on any atom is 0.123 e. The van der Waals surface area contributed by atoms with E-state index in [1.54, 1.807) is 6.07 Å². The highest BCUT2D eigenvalue weighted by atomic mass is 79.9. The molecular formula is C11H13BrFN. The molecule has 0 aliphatic heterocycles. The van der Waals surface area contributed by atoms with Gasteiger partial charge in [-0.15, -0.1) is 0 Å². The highest BCUT2D eigenvalue weighted by Crippen LogP contribution is 2.17. The molecule has 1 N–H and O–H groups in total. The summed E-state index contributed by atoms with van der Waals surface area (Å²) in [6.07, 6.45) is 4.00. The third-order valence-corrected chi connectivity index (χ3v) is 2.59. The van der Waals surface area contributed by atoms with Crippen LogP contribution in [0.4, 0.5) is 4.39 Å². The third-order valence-electron chi connectivity index (χ3n) is 1.82. The lowest BCUT2D eigenvalue weighted by Crippen LogP contribution is -2.13. The van der Waals surface area contributed by atoms with Gasteiger partial charge in [-0.05, 0) is 30.7 Å². The normalized spacial score (nSPS) is 11.1. The number of halogens is 2. The molecule has 3 heteroatoms. The summed E-state index contributed by atoms with van der Waals surface area (Å²) < 4.78 is 13.8. The van der Waals surface area contributed by atoms with Gasteiger partial charge in [0.2, 0.25) is 0 Å². The molecule has 0 heterocycles. The Bertz CT molecular complexity index is 323. The molecule has 0 spiro atoms. The van der Waals surface area contributed by atoms with Gasteiger partial charge in [0.25, 0.3) is 0 Å². The van der Waals surface area contributed by atoms with E-state index in [0.717, 1.165) is 16.6 Å². The van der Waals surface area contributed by atoms with Crippen LogP contribution in [0.2, 0.25) is 0 Å². The molecule has 0 saturated heterocycles. The molecule has 1 rings (SSSR count). The molecule has 0 atom stereocenters. The molecule has 0 amide bonds. The summed E-state index contributed by atoms with van der Waals surface area (Å²) >= 11 is 3.37. The van der Waals surface area contributed by atoms with E-state index in [4.69, 9.17) is 0 Å². The lowest BCUT2D eigenvalue weighted by molar-refractivity contribution is 0.622. The molecule has 0 fully saturated rings. The minimum atomic E-state index is -0.198. The standard InChI is InChI=1S/C11H13BrFN/c1-2-3-6-14-8-9-7-10(13)4-5-11(9)12/h2-5,7,14H,6,8H2,1H3/b3-2+. The SMILES string of the molecule is C/C=C/CNCc1cc(F)ccc1Br. The van der Waals surface area contributed by atoms with Gasteiger partial charge in [-0.3, -0.25) is 0 Å². The zero-order valence-electron chi connectivity index (χ0n) is 8.06. The van der Waals surface area contributed by atoms with Crippen LogP contribution in [0.3, 0.4) is 0 Å². The number of hydrogen-bond acceptors (Lipinski definition) is 1. The molecule has 76 valence electrons. The Kier molecular flexibility index (Phi) is 4.84. The van der Waals surface area contributed by atoms with Gasteiger partial charge in [0.15, 0.2) is 0 Å². The third kappa shape index (κ3) is 3.60. The van der Waals surface area contributed by atoms with Crippen LogP contribution in [0.25, 0.3) is 0 Å². The van der Waals surface area contributed by atoms with Crippen LogP contribution in [-0.4, -0.2) is 6.54 Å². The van der Waals surface area contributed by atoms with E-state index < -0.39 is 0 Å². The summed E-state index contributed by atoms with van der Waals surface area (Å²) in [7, 11) is 0. The largest absolute Gasteiger partial charge is 0.309 e. The van der Waals surface area contributed by atoms with Crippen LogP contribution in [0, 0.1) is 5.82 Å². The van der Waals surface area contributed by atoms with Gasteiger partial charge in [0, 0.05) is 17.6 Å². The molecule has 0 aliphatic carbocycles. The van der Waals surface area contributed by atoms with Gasteiger partial charge >= 0.3 is 0 Å². The number of allylic oxidation sites excluding steroid dienone is 1. The topological polar surface area (TPSA) is 12.0 Å². The smallest absolute Gasteiger partial charge is 0.123 e. The van der Waals surface area contributed by atoms with Crippen LogP contribution < -0.4 is 5.32 Å². The minimum Gasteiger partial charge on any atom is -0.309 e. The number of nitrogens with one attached hydrogen (secondary N) is 1. The number of benzene rings is 1. The summed E-state index contributed by atoms with van der Waals surface area (Å²) in [6, 6.07) is 4.70. The Morgan fingerprint density at radius 1 is 1.50 bits per heavy atom. The Morgan fingerprint density at radius 3 is 3.00 bits per heavy atom. The minimum absolute atomic E-state index is 0.198. The first kappa shape index (κ1) is 11.4. The van der Waals surface area contributed by atoms with Crippen LogP contribution in [0.15, 0.2) is 34.8 Å². The van der Waals surface area contributed by atoms with Crippen molar-refractivity contribution in [1.82, 2.24) is 5.32 Å². The fraction of sp³-hybridized carbons (Fsp3) is 0.273. The van der Waals surface area contributed by atoms with Crippen molar-refractivity contribution >= 4 is 15.9 Å². The summed E-state index contributed by atoms with van der Waals surface area (Å²) in [5.41, 5.74) is 0.939. The van der Waals surface area contributed by atoms with Crippen LogP contribution >= 0.6 is 15.9 Å². The molecule has 0 unspecified atom stereocenters. The van der Waals surface area contributed by atoms with E-state index in [1.165, 1.54) is 12.1 Å². The lowest BCUT2D eigenvalue weighted by Gasteiger charge is -2.04. The van der Waals surface area contributed by atoms with E-state index >= 15 is 0 Å². The molecule has 0 radical (unpaired) electrons. The maximum absolute atomic E-state index is 12.9. The quantitative estimate of drug-likeness (QED) is 0.645. The van der Waals surface area contributed by atoms with E-state index in [2.05, 4.69) is 21.2 Å². The summed E-state index contributed by atoms with van der Waals surface area (Å²) in [5.74, 6) is -0.198. The summed E-state index contributed by atoms with van der Waals surface area (Å²) in [5, 5.41) is 3.19. The molecule has 1 nitrogen and oxygen atoms in total. The Labute approximate surface area is 92.1 Å². The first-order valence-corrected chi connectivity index (χ1v) is 5.29. The molecule has 0 saturated carbocycles.